The van der Waals surface area contributed by atoms with Crippen LogP contribution in [0.4, 0.5) is 5.69 Å². The van der Waals surface area contributed by atoms with Gasteiger partial charge in [-0.15, -0.1) is 0 Å². The summed E-state index contributed by atoms with van der Waals surface area (Å²) in [5.41, 5.74) is 0.643. The van der Waals surface area contributed by atoms with Gasteiger partial charge in [0, 0.05) is 22.6 Å². The number of carbonyl (C=O) groups is 2. The van der Waals surface area contributed by atoms with Gasteiger partial charge in [0.2, 0.25) is 11.8 Å². The van der Waals surface area contributed by atoms with Gasteiger partial charge in [-0.2, -0.15) is 0 Å². The molecule has 0 spiro atoms. The van der Waals surface area contributed by atoms with Crippen LogP contribution >= 0.6 is 34.8 Å². The molecule has 11 heteroatoms. The molecule has 0 heterocycles. The third-order valence-electron chi connectivity index (χ3n) is 6.25. The van der Waals surface area contributed by atoms with Crippen molar-refractivity contribution in [3.63, 3.8) is 0 Å². The van der Waals surface area contributed by atoms with Gasteiger partial charge in [0.25, 0.3) is 10.0 Å². The zero-order valence-corrected chi connectivity index (χ0v) is 24.9. The fourth-order valence-electron chi connectivity index (χ4n) is 3.77. The van der Waals surface area contributed by atoms with E-state index in [0.717, 1.165) is 4.31 Å². The molecule has 0 aromatic heterocycles. The lowest BCUT2D eigenvalue weighted by atomic mass is 10.1. The van der Waals surface area contributed by atoms with Crippen LogP contribution in [0, 0.1) is 0 Å². The van der Waals surface area contributed by atoms with Crippen molar-refractivity contribution in [2.24, 2.45) is 0 Å². The van der Waals surface area contributed by atoms with Crippen molar-refractivity contribution in [3.05, 3.63) is 93.4 Å². The maximum atomic E-state index is 13.9. The monoisotopic (exact) mass is 609 g/mol. The maximum absolute atomic E-state index is 13.9. The van der Waals surface area contributed by atoms with Crippen LogP contribution in [0.3, 0.4) is 0 Å². The Morgan fingerprint density at radius 3 is 2.18 bits per heavy atom. The smallest absolute Gasteiger partial charge is 0.264 e. The highest BCUT2D eigenvalue weighted by Crippen LogP contribution is 2.33. The first-order valence-corrected chi connectivity index (χ1v) is 14.9. The molecule has 0 aliphatic rings. The molecule has 208 valence electrons. The summed E-state index contributed by atoms with van der Waals surface area (Å²) in [5, 5.41) is 3.63. The van der Waals surface area contributed by atoms with E-state index >= 15 is 0 Å². The van der Waals surface area contributed by atoms with Crippen LogP contribution in [0.1, 0.15) is 32.8 Å². The average molecular weight is 611 g/mol. The quantitative estimate of drug-likeness (QED) is 0.281. The zero-order chi connectivity index (χ0) is 28.7. The van der Waals surface area contributed by atoms with E-state index in [0.29, 0.717) is 17.0 Å². The Balaban J connectivity index is 2.07. The average Bonchev–Trinajstić information content (AvgIpc) is 2.92. The number of carbonyl (C=O) groups excluding carboxylic acids is 2. The van der Waals surface area contributed by atoms with Crippen molar-refractivity contribution < 1.29 is 18.0 Å². The fraction of sp³-hybridized carbons (Fsp3) is 0.286. The number of nitrogens with zero attached hydrogens (tertiary/aromatic N) is 2. The molecule has 2 atom stereocenters. The number of nitrogens with one attached hydrogen (secondary N) is 1. The highest BCUT2D eigenvalue weighted by molar-refractivity contribution is 7.92. The minimum atomic E-state index is -4.26. The number of anilines is 1. The lowest BCUT2D eigenvalue weighted by Gasteiger charge is -2.33. The van der Waals surface area contributed by atoms with Crippen molar-refractivity contribution in [2.45, 2.75) is 50.7 Å². The molecule has 0 saturated carbocycles. The number of amides is 2. The first-order chi connectivity index (χ1) is 18.4. The molecule has 0 unspecified atom stereocenters. The molecule has 2 amide bonds. The van der Waals surface area contributed by atoms with Crippen LogP contribution in [0.5, 0.6) is 0 Å². The number of benzene rings is 3. The van der Waals surface area contributed by atoms with Crippen LogP contribution in [0.25, 0.3) is 0 Å². The Labute approximate surface area is 244 Å². The molecule has 3 aromatic rings. The van der Waals surface area contributed by atoms with E-state index in [9.17, 15) is 18.0 Å². The minimum Gasteiger partial charge on any atom is -0.352 e. The van der Waals surface area contributed by atoms with Gasteiger partial charge in [0.15, 0.2) is 0 Å². The summed E-state index contributed by atoms with van der Waals surface area (Å²) >= 11 is 19.0. The molecule has 0 fully saturated rings. The van der Waals surface area contributed by atoms with Crippen LogP contribution in [0.15, 0.2) is 77.7 Å². The van der Waals surface area contributed by atoms with Crippen molar-refractivity contribution in [1.29, 1.82) is 0 Å². The summed E-state index contributed by atoms with van der Waals surface area (Å²) in [6, 6.07) is 18.0. The molecular formula is C28H30Cl3N3O4S. The molecule has 0 aliphatic carbocycles. The first-order valence-electron chi connectivity index (χ1n) is 12.3. The van der Waals surface area contributed by atoms with Gasteiger partial charge in [0.05, 0.1) is 15.6 Å². The van der Waals surface area contributed by atoms with Gasteiger partial charge >= 0.3 is 0 Å². The van der Waals surface area contributed by atoms with E-state index in [1.807, 2.05) is 13.8 Å². The molecule has 0 saturated heterocycles. The highest BCUT2D eigenvalue weighted by Gasteiger charge is 2.34. The van der Waals surface area contributed by atoms with Crippen LogP contribution in [0.2, 0.25) is 15.1 Å². The molecule has 1 N–H and O–H groups in total. The van der Waals surface area contributed by atoms with Crippen molar-refractivity contribution in [2.75, 3.05) is 10.8 Å². The minimum absolute atomic E-state index is 0.0178. The second kappa shape index (κ2) is 13.5. The zero-order valence-electron chi connectivity index (χ0n) is 21.8. The Hall–Kier alpha value is -2.78. The van der Waals surface area contributed by atoms with Gasteiger partial charge in [-0.25, -0.2) is 8.42 Å². The maximum Gasteiger partial charge on any atom is 0.264 e. The Kier molecular flexibility index (Phi) is 10.7. The van der Waals surface area contributed by atoms with E-state index in [4.69, 9.17) is 34.8 Å². The SMILES string of the molecule is CC[C@H](C)NC(=O)[C@@H](C)N(Cc1ccccc1Cl)C(=O)CN(c1cc(Cl)ccc1Cl)S(=O)(=O)c1ccccc1. The predicted octanol–water partition coefficient (Wildman–Crippen LogP) is 6.17. The number of hydrogen-bond donors (Lipinski definition) is 1. The Bertz CT molecular complexity index is 1420. The van der Waals surface area contributed by atoms with Crippen molar-refractivity contribution in [1.82, 2.24) is 10.2 Å². The van der Waals surface area contributed by atoms with Crippen molar-refractivity contribution in [3.8, 4) is 0 Å². The molecule has 0 bridgehead atoms. The van der Waals surface area contributed by atoms with Gasteiger partial charge in [-0.05, 0) is 62.2 Å². The summed E-state index contributed by atoms with van der Waals surface area (Å²) in [7, 11) is -4.26. The second-order valence-corrected chi connectivity index (χ2v) is 12.1. The first kappa shape index (κ1) is 30.8. The van der Waals surface area contributed by atoms with Gasteiger partial charge < -0.3 is 10.2 Å². The number of sulfonamides is 1. The fourth-order valence-corrected chi connectivity index (χ4v) is 5.85. The largest absolute Gasteiger partial charge is 0.352 e. The van der Waals surface area contributed by atoms with Crippen molar-refractivity contribution >= 4 is 62.3 Å². The standard InChI is InChI=1S/C28H30Cl3N3O4S/c1-4-19(2)32-28(36)20(3)33(17-21-10-8-9-13-24(21)30)27(35)18-34(26-16-22(29)14-15-25(26)31)39(37,38)23-11-6-5-7-12-23/h5-16,19-20H,4,17-18H2,1-3H3,(H,32,36)/t19-,20+/m0/s1. The summed E-state index contributed by atoms with van der Waals surface area (Å²) in [4.78, 5) is 28.3. The Morgan fingerprint density at radius 2 is 1.54 bits per heavy atom. The number of hydrogen-bond acceptors (Lipinski definition) is 4. The molecule has 39 heavy (non-hydrogen) atoms. The van der Waals surface area contributed by atoms with E-state index < -0.39 is 28.5 Å². The van der Waals surface area contributed by atoms with Crippen LogP contribution < -0.4 is 9.62 Å². The molecule has 3 rings (SSSR count). The molecular weight excluding hydrogens is 581 g/mol. The lowest BCUT2D eigenvalue weighted by Crippen LogP contribution is -2.52. The van der Waals surface area contributed by atoms with E-state index in [1.54, 1.807) is 49.4 Å². The third-order valence-corrected chi connectivity index (χ3v) is 8.95. The third kappa shape index (κ3) is 7.66. The van der Waals surface area contributed by atoms with Gasteiger partial charge in [-0.1, -0.05) is 78.1 Å². The predicted molar refractivity (Wildman–Crippen MR) is 157 cm³/mol. The highest BCUT2D eigenvalue weighted by atomic mass is 35.5. The van der Waals surface area contributed by atoms with Gasteiger partial charge in [0.1, 0.15) is 12.6 Å². The summed E-state index contributed by atoms with van der Waals surface area (Å²) in [6.45, 7) is 4.73. The molecule has 0 radical (unpaired) electrons. The van der Waals surface area contributed by atoms with Gasteiger partial charge in [-0.3, -0.25) is 13.9 Å². The number of rotatable bonds is 11. The normalized spacial score (nSPS) is 12.9. The van der Waals surface area contributed by atoms with Crippen LogP contribution in [-0.4, -0.2) is 43.8 Å². The topological polar surface area (TPSA) is 86.8 Å². The summed E-state index contributed by atoms with van der Waals surface area (Å²) in [5.74, 6) is -1.000. The number of halogens is 3. The summed E-state index contributed by atoms with van der Waals surface area (Å²) in [6.07, 6.45) is 0.702. The Morgan fingerprint density at radius 1 is 0.897 bits per heavy atom. The van der Waals surface area contributed by atoms with Crippen LogP contribution in [-0.2, 0) is 26.2 Å². The summed E-state index contributed by atoms with van der Waals surface area (Å²) < 4.78 is 28.5. The molecule has 7 nitrogen and oxygen atoms in total. The second-order valence-electron chi connectivity index (χ2n) is 9.03. The van der Waals surface area contributed by atoms with E-state index in [1.165, 1.54) is 35.2 Å². The lowest BCUT2D eigenvalue weighted by molar-refractivity contribution is -0.139. The van der Waals surface area contributed by atoms with E-state index in [2.05, 4.69) is 5.32 Å². The molecule has 3 aromatic carbocycles. The van der Waals surface area contributed by atoms with E-state index in [-0.39, 0.29) is 39.1 Å². The molecule has 0 aliphatic heterocycles.